The molecule has 0 amide bonds. The van der Waals surface area contributed by atoms with Crippen molar-refractivity contribution in [3.05, 3.63) is 11.3 Å². The molecule has 0 radical (unpaired) electrons. The number of nitrogens with zero attached hydrogens (tertiary/aromatic N) is 1. The zero-order chi connectivity index (χ0) is 14.2. The molecule has 4 bridgehead atoms. The summed E-state index contributed by atoms with van der Waals surface area (Å²) in [4.78, 5) is 0. The van der Waals surface area contributed by atoms with Crippen LogP contribution in [0.5, 0.6) is 0 Å². The minimum Gasteiger partial charge on any atom is -0.382 e. The molecule has 2 unspecified atom stereocenters. The highest BCUT2D eigenvalue weighted by atomic mass is 15.2. The van der Waals surface area contributed by atoms with Crippen LogP contribution in [0.2, 0.25) is 0 Å². The van der Waals surface area contributed by atoms with Gasteiger partial charge in [0.1, 0.15) is 5.82 Å². The van der Waals surface area contributed by atoms with Gasteiger partial charge in [-0.05, 0) is 74.0 Å². The fraction of sp³-hybridized carbons (Fsp3) is 0.824. The van der Waals surface area contributed by atoms with Crippen molar-refractivity contribution in [2.45, 2.75) is 65.7 Å². The molecule has 3 heteroatoms. The van der Waals surface area contributed by atoms with Gasteiger partial charge in [-0.15, -0.1) is 0 Å². The van der Waals surface area contributed by atoms with Crippen LogP contribution in [0.25, 0.3) is 0 Å². The van der Waals surface area contributed by atoms with E-state index in [4.69, 9.17) is 5.73 Å². The molecule has 110 valence electrons. The Bertz CT molecular complexity index is 541. The molecule has 0 spiro atoms. The molecule has 20 heavy (non-hydrogen) atoms. The first kappa shape index (κ1) is 12.7. The minimum absolute atomic E-state index is 0.507. The van der Waals surface area contributed by atoms with Crippen molar-refractivity contribution in [3.63, 3.8) is 0 Å². The molecule has 0 saturated heterocycles. The van der Waals surface area contributed by atoms with E-state index in [0.717, 1.165) is 12.3 Å². The number of H-pyrrole nitrogens is 1. The highest BCUT2D eigenvalue weighted by Gasteiger charge is 2.59. The van der Waals surface area contributed by atoms with E-state index in [0.29, 0.717) is 22.1 Å². The van der Waals surface area contributed by atoms with Crippen LogP contribution in [0.15, 0.2) is 0 Å². The lowest BCUT2D eigenvalue weighted by Gasteiger charge is -2.65. The van der Waals surface area contributed by atoms with E-state index in [2.05, 4.69) is 31.0 Å². The van der Waals surface area contributed by atoms with Crippen molar-refractivity contribution in [1.29, 1.82) is 0 Å². The molecule has 5 rings (SSSR count). The molecule has 4 fully saturated rings. The van der Waals surface area contributed by atoms with Gasteiger partial charge in [-0.3, -0.25) is 5.10 Å². The molecule has 2 atom stereocenters. The fourth-order valence-corrected chi connectivity index (χ4v) is 6.88. The summed E-state index contributed by atoms with van der Waals surface area (Å²) in [6.07, 6.45) is 9.78. The Morgan fingerprint density at radius 2 is 1.80 bits per heavy atom. The van der Waals surface area contributed by atoms with Gasteiger partial charge in [0.15, 0.2) is 0 Å². The molecular formula is C17H27N3. The summed E-state index contributed by atoms with van der Waals surface area (Å²) in [6.45, 7) is 7.19. The van der Waals surface area contributed by atoms with Crippen molar-refractivity contribution in [2.75, 3.05) is 5.73 Å². The lowest BCUT2D eigenvalue weighted by molar-refractivity contribution is -0.144. The van der Waals surface area contributed by atoms with Crippen LogP contribution in [0, 0.1) is 29.1 Å². The lowest BCUT2D eigenvalue weighted by Crippen LogP contribution is -2.55. The average Bonchev–Trinajstić information content (AvgIpc) is 2.55. The van der Waals surface area contributed by atoms with Crippen LogP contribution in [0.4, 0.5) is 5.82 Å². The molecule has 3 N–H and O–H groups in total. The maximum Gasteiger partial charge on any atom is 0.148 e. The van der Waals surface area contributed by atoms with Crippen molar-refractivity contribution < 1.29 is 0 Å². The third-order valence-electron chi connectivity index (χ3n) is 6.44. The number of hydrogen-bond acceptors (Lipinski definition) is 2. The van der Waals surface area contributed by atoms with Gasteiger partial charge in [0, 0.05) is 11.3 Å². The maximum atomic E-state index is 5.92. The Morgan fingerprint density at radius 1 is 1.15 bits per heavy atom. The van der Waals surface area contributed by atoms with E-state index in [1.165, 1.54) is 49.8 Å². The van der Waals surface area contributed by atoms with Crippen molar-refractivity contribution in [1.82, 2.24) is 10.2 Å². The Balaban J connectivity index is 1.69. The number of nitrogens with one attached hydrogen (secondary N) is 1. The van der Waals surface area contributed by atoms with Gasteiger partial charge in [-0.1, -0.05) is 13.8 Å². The van der Waals surface area contributed by atoms with E-state index in [1.807, 2.05) is 0 Å². The van der Waals surface area contributed by atoms with Crippen molar-refractivity contribution in [2.24, 2.45) is 22.2 Å². The average molecular weight is 273 g/mol. The second-order valence-electron chi connectivity index (χ2n) is 9.02. The number of anilines is 1. The smallest absolute Gasteiger partial charge is 0.148 e. The van der Waals surface area contributed by atoms with Gasteiger partial charge >= 0.3 is 0 Å². The van der Waals surface area contributed by atoms with Crippen molar-refractivity contribution >= 4 is 5.82 Å². The molecule has 3 nitrogen and oxygen atoms in total. The summed E-state index contributed by atoms with van der Waals surface area (Å²) in [5.74, 6) is 1.64. The highest BCUT2D eigenvalue weighted by molar-refractivity contribution is 5.41. The minimum atomic E-state index is 0.507. The highest BCUT2D eigenvalue weighted by Crippen LogP contribution is 2.70. The summed E-state index contributed by atoms with van der Waals surface area (Å²) in [7, 11) is 0. The standard InChI is InChI=1S/C17H27N3/c1-11-13(19-20-14(11)18)7-17-6-12-4-15(2,9-17)8-16(3,5-12)10-17/h12H,4-10H2,1-3H3,(H3,18,19,20). The lowest BCUT2D eigenvalue weighted by atomic mass is 9.39. The van der Waals surface area contributed by atoms with Crippen LogP contribution in [-0.4, -0.2) is 10.2 Å². The largest absolute Gasteiger partial charge is 0.382 e. The predicted molar refractivity (Wildman–Crippen MR) is 81.3 cm³/mol. The van der Waals surface area contributed by atoms with Gasteiger partial charge < -0.3 is 5.73 Å². The quantitative estimate of drug-likeness (QED) is 0.860. The normalized spacial score (nSPS) is 46.0. The predicted octanol–water partition coefficient (Wildman–Crippen LogP) is 3.84. The number of aromatic amines is 1. The van der Waals surface area contributed by atoms with E-state index in [9.17, 15) is 0 Å². The SMILES string of the molecule is Cc1c(N)n[nH]c1CC12CC3CC(C)(CC(C)(C3)C1)C2. The molecule has 4 aliphatic carbocycles. The third kappa shape index (κ3) is 1.74. The number of nitrogen functional groups attached to an aromatic ring is 1. The van der Waals surface area contributed by atoms with Crippen LogP contribution in [0.1, 0.15) is 63.6 Å². The second kappa shape index (κ2) is 3.61. The maximum absolute atomic E-state index is 5.92. The van der Waals surface area contributed by atoms with E-state index in [-0.39, 0.29) is 0 Å². The van der Waals surface area contributed by atoms with Crippen molar-refractivity contribution in [3.8, 4) is 0 Å². The Hall–Kier alpha value is -0.990. The van der Waals surface area contributed by atoms with E-state index < -0.39 is 0 Å². The Kier molecular flexibility index (Phi) is 2.30. The Labute approximate surface area is 121 Å². The molecule has 1 heterocycles. The van der Waals surface area contributed by atoms with Crippen LogP contribution >= 0.6 is 0 Å². The fourth-order valence-electron chi connectivity index (χ4n) is 6.88. The zero-order valence-electron chi connectivity index (χ0n) is 13.1. The molecule has 1 aromatic rings. The zero-order valence-corrected chi connectivity index (χ0v) is 13.1. The van der Waals surface area contributed by atoms with Gasteiger partial charge in [0.2, 0.25) is 0 Å². The summed E-state index contributed by atoms with van der Waals surface area (Å²) in [5, 5.41) is 7.40. The molecule has 0 aliphatic heterocycles. The van der Waals surface area contributed by atoms with Gasteiger partial charge in [-0.2, -0.15) is 5.10 Å². The topological polar surface area (TPSA) is 54.7 Å². The number of aromatic nitrogens is 2. The first-order valence-electron chi connectivity index (χ1n) is 8.10. The Morgan fingerprint density at radius 3 is 2.30 bits per heavy atom. The molecular weight excluding hydrogens is 246 g/mol. The van der Waals surface area contributed by atoms with Crippen LogP contribution in [-0.2, 0) is 6.42 Å². The van der Waals surface area contributed by atoms with Gasteiger partial charge in [0.25, 0.3) is 0 Å². The second-order valence-corrected chi connectivity index (χ2v) is 9.02. The summed E-state index contributed by atoms with van der Waals surface area (Å²) in [6, 6.07) is 0. The number of nitrogens with two attached hydrogens (primary N) is 1. The van der Waals surface area contributed by atoms with E-state index >= 15 is 0 Å². The molecule has 0 aromatic carbocycles. The monoisotopic (exact) mass is 273 g/mol. The molecule has 4 saturated carbocycles. The third-order valence-corrected chi connectivity index (χ3v) is 6.44. The number of rotatable bonds is 2. The first-order chi connectivity index (χ1) is 9.31. The summed E-state index contributed by atoms with van der Waals surface area (Å²) in [5.41, 5.74) is 10.1. The summed E-state index contributed by atoms with van der Waals surface area (Å²) >= 11 is 0. The van der Waals surface area contributed by atoms with E-state index in [1.54, 1.807) is 0 Å². The van der Waals surface area contributed by atoms with Gasteiger partial charge in [0.05, 0.1) is 0 Å². The van der Waals surface area contributed by atoms with Gasteiger partial charge in [-0.25, -0.2) is 0 Å². The summed E-state index contributed by atoms with van der Waals surface area (Å²) < 4.78 is 0. The van der Waals surface area contributed by atoms with Crippen LogP contribution < -0.4 is 5.73 Å². The number of hydrogen-bond donors (Lipinski definition) is 2. The first-order valence-corrected chi connectivity index (χ1v) is 8.10. The molecule has 1 aromatic heterocycles. The van der Waals surface area contributed by atoms with Crippen LogP contribution in [0.3, 0.4) is 0 Å². The molecule has 4 aliphatic rings.